The maximum absolute atomic E-state index is 12.1. The topological polar surface area (TPSA) is 56.5 Å². The first-order chi connectivity index (χ1) is 8.24. The SMILES string of the molecule is CC1=NN(c2ccccc2)C(=O)[C@H]1CCC#N. The molecule has 4 nitrogen and oxygen atoms in total. The summed E-state index contributed by atoms with van der Waals surface area (Å²) in [5, 5.41) is 14.3. The molecule has 1 amide bonds. The van der Waals surface area contributed by atoms with E-state index in [4.69, 9.17) is 5.26 Å². The first-order valence-corrected chi connectivity index (χ1v) is 5.55. The Labute approximate surface area is 100 Å². The van der Waals surface area contributed by atoms with Crippen LogP contribution in [0.4, 0.5) is 5.69 Å². The van der Waals surface area contributed by atoms with Gasteiger partial charge in [-0.05, 0) is 25.5 Å². The number of nitrogens with zero attached hydrogens (tertiary/aromatic N) is 3. The normalized spacial score (nSPS) is 19.1. The highest BCUT2D eigenvalue weighted by Gasteiger charge is 2.33. The van der Waals surface area contributed by atoms with E-state index in [1.807, 2.05) is 37.3 Å². The molecule has 1 aliphatic rings. The van der Waals surface area contributed by atoms with E-state index in [1.165, 1.54) is 5.01 Å². The summed E-state index contributed by atoms with van der Waals surface area (Å²) in [5.74, 6) is -0.279. The van der Waals surface area contributed by atoms with E-state index >= 15 is 0 Å². The van der Waals surface area contributed by atoms with Gasteiger partial charge >= 0.3 is 0 Å². The van der Waals surface area contributed by atoms with Crippen molar-refractivity contribution in [1.29, 1.82) is 5.26 Å². The van der Waals surface area contributed by atoms with Crippen LogP contribution in [0.2, 0.25) is 0 Å². The van der Waals surface area contributed by atoms with Crippen LogP contribution in [-0.4, -0.2) is 11.6 Å². The fourth-order valence-electron chi connectivity index (χ4n) is 1.90. The Hall–Kier alpha value is -2.15. The lowest BCUT2D eigenvalue weighted by atomic mass is 9.99. The molecule has 0 spiro atoms. The van der Waals surface area contributed by atoms with Crippen molar-refractivity contribution in [1.82, 2.24) is 0 Å². The van der Waals surface area contributed by atoms with Gasteiger partial charge in [0, 0.05) is 12.1 Å². The second-order valence-electron chi connectivity index (χ2n) is 3.98. The van der Waals surface area contributed by atoms with Crippen molar-refractivity contribution in [2.24, 2.45) is 11.0 Å². The average Bonchev–Trinajstić information content (AvgIpc) is 2.64. The Morgan fingerprint density at radius 1 is 1.41 bits per heavy atom. The number of benzene rings is 1. The summed E-state index contributed by atoms with van der Waals surface area (Å²) in [7, 11) is 0. The molecule has 0 radical (unpaired) electrons. The molecule has 2 rings (SSSR count). The predicted molar refractivity (Wildman–Crippen MR) is 65.4 cm³/mol. The van der Waals surface area contributed by atoms with Crippen LogP contribution >= 0.6 is 0 Å². The molecule has 0 aromatic heterocycles. The maximum atomic E-state index is 12.1. The lowest BCUT2D eigenvalue weighted by Crippen LogP contribution is -2.26. The van der Waals surface area contributed by atoms with E-state index < -0.39 is 0 Å². The molecule has 0 aliphatic carbocycles. The summed E-state index contributed by atoms with van der Waals surface area (Å²) < 4.78 is 0. The summed E-state index contributed by atoms with van der Waals surface area (Å²) in [4.78, 5) is 12.1. The van der Waals surface area contributed by atoms with E-state index in [0.717, 1.165) is 11.4 Å². The van der Waals surface area contributed by atoms with E-state index in [0.29, 0.717) is 12.8 Å². The zero-order valence-electron chi connectivity index (χ0n) is 9.63. The number of amides is 1. The molecule has 0 unspecified atom stereocenters. The van der Waals surface area contributed by atoms with Gasteiger partial charge in [0.2, 0.25) is 0 Å². The fourth-order valence-corrected chi connectivity index (χ4v) is 1.90. The van der Waals surface area contributed by atoms with Crippen LogP contribution in [0.3, 0.4) is 0 Å². The van der Waals surface area contributed by atoms with Crippen molar-refractivity contribution in [3.8, 4) is 6.07 Å². The molecule has 1 aliphatic heterocycles. The molecule has 1 aromatic rings. The Balaban J connectivity index is 2.19. The molecule has 1 heterocycles. The minimum Gasteiger partial charge on any atom is -0.272 e. The van der Waals surface area contributed by atoms with Gasteiger partial charge < -0.3 is 0 Å². The van der Waals surface area contributed by atoms with Crippen molar-refractivity contribution >= 4 is 17.3 Å². The van der Waals surface area contributed by atoms with Gasteiger partial charge in [-0.15, -0.1) is 0 Å². The minimum absolute atomic E-state index is 0.0380. The number of hydrogen-bond acceptors (Lipinski definition) is 3. The van der Waals surface area contributed by atoms with Gasteiger partial charge in [-0.1, -0.05) is 18.2 Å². The third-order valence-corrected chi connectivity index (χ3v) is 2.81. The monoisotopic (exact) mass is 227 g/mol. The first-order valence-electron chi connectivity index (χ1n) is 5.55. The number of hydrazone groups is 1. The molecule has 0 saturated carbocycles. The molecular formula is C13H13N3O. The summed E-state index contributed by atoms with van der Waals surface area (Å²) in [5.41, 5.74) is 1.56. The Morgan fingerprint density at radius 2 is 2.12 bits per heavy atom. The van der Waals surface area contributed by atoms with Crippen LogP contribution in [-0.2, 0) is 4.79 Å². The smallest absolute Gasteiger partial charge is 0.256 e. The van der Waals surface area contributed by atoms with Gasteiger partial charge in [0.05, 0.1) is 17.7 Å². The van der Waals surface area contributed by atoms with Gasteiger partial charge in [0.15, 0.2) is 0 Å². The first kappa shape index (κ1) is 11.3. The Bertz CT molecular complexity index is 487. The van der Waals surface area contributed by atoms with Crippen molar-refractivity contribution < 1.29 is 4.79 Å². The van der Waals surface area contributed by atoms with Crippen molar-refractivity contribution in [3.63, 3.8) is 0 Å². The molecule has 0 bridgehead atoms. The van der Waals surface area contributed by atoms with Crippen LogP contribution in [0.25, 0.3) is 0 Å². The highest BCUT2D eigenvalue weighted by atomic mass is 16.2. The quantitative estimate of drug-likeness (QED) is 0.795. The average molecular weight is 227 g/mol. The lowest BCUT2D eigenvalue weighted by Gasteiger charge is -2.13. The van der Waals surface area contributed by atoms with Crippen molar-refractivity contribution in [3.05, 3.63) is 30.3 Å². The van der Waals surface area contributed by atoms with Crippen molar-refractivity contribution in [2.75, 3.05) is 5.01 Å². The fraction of sp³-hybridized carbons (Fsp3) is 0.308. The number of nitriles is 1. The largest absolute Gasteiger partial charge is 0.272 e. The highest BCUT2D eigenvalue weighted by Crippen LogP contribution is 2.25. The minimum atomic E-state index is -0.241. The highest BCUT2D eigenvalue weighted by molar-refractivity contribution is 6.14. The van der Waals surface area contributed by atoms with Crippen LogP contribution in [0, 0.1) is 17.2 Å². The van der Waals surface area contributed by atoms with Gasteiger partial charge in [0.25, 0.3) is 5.91 Å². The molecule has 17 heavy (non-hydrogen) atoms. The van der Waals surface area contributed by atoms with Gasteiger partial charge in [-0.3, -0.25) is 4.79 Å². The van der Waals surface area contributed by atoms with E-state index in [-0.39, 0.29) is 11.8 Å². The second-order valence-corrected chi connectivity index (χ2v) is 3.98. The zero-order valence-corrected chi connectivity index (χ0v) is 9.63. The second kappa shape index (κ2) is 4.79. The molecule has 4 heteroatoms. The zero-order chi connectivity index (χ0) is 12.3. The number of carbonyl (C=O) groups is 1. The third kappa shape index (κ3) is 2.18. The predicted octanol–water partition coefficient (Wildman–Crippen LogP) is 2.33. The van der Waals surface area contributed by atoms with Gasteiger partial charge in [-0.2, -0.15) is 10.4 Å². The maximum Gasteiger partial charge on any atom is 0.256 e. The number of para-hydroxylation sites is 1. The molecule has 0 saturated heterocycles. The lowest BCUT2D eigenvalue weighted by molar-refractivity contribution is -0.119. The number of hydrogen-bond donors (Lipinski definition) is 0. The Morgan fingerprint density at radius 3 is 2.76 bits per heavy atom. The number of rotatable bonds is 3. The third-order valence-electron chi connectivity index (χ3n) is 2.81. The number of carbonyl (C=O) groups excluding carboxylic acids is 1. The molecule has 86 valence electrons. The Kier molecular flexibility index (Phi) is 3.20. The van der Waals surface area contributed by atoms with Crippen LogP contribution in [0.1, 0.15) is 19.8 Å². The van der Waals surface area contributed by atoms with Gasteiger partial charge in [0.1, 0.15) is 0 Å². The molecule has 0 N–H and O–H groups in total. The van der Waals surface area contributed by atoms with Crippen LogP contribution < -0.4 is 5.01 Å². The standard InChI is InChI=1S/C13H13N3O/c1-10-12(8-5-9-14)13(17)16(15-10)11-6-3-2-4-7-11/h2-4,6-7,12H,5,8H2,1H3/t12-/m0/s1. The molecule has 0 fully saturated rings. The summed E-state index contributed by atoms with van der Waals surface area (Å²) in [6.07, 6.45) is 0.930. The van der Waals surface area contributed by atoms with Crippen molar-refractivity contribution in [2.45, 2.75) is 19.8 Å². The summed E-state index contributed by atoms with van der Waals surface area (Å²) >= 11 is 0. The van der Waals surface area contributed by atoms with E-state index in [9.17, 15) is 4.79 Å². The van der Waals surface area contributed by atoms with Crippen LogP contribution in [0.5, 0.6) is 0 Å². The van der Waals surface area contributed by atoms with Crippen LogP contribution in [0.15, 0.2) is 35.4 Å². The summed E-state index contributed by atoms with van der Waals surface area (Å²) in [6, 6.07) is 11.4. The van der Waals surface area contributed by atoms with E-state index in [1.54, 1.807) is 0 Å². The molecular weight excluding hydrogens is 214 g/mol. The molecule has 1 atom stereocenters. The van der Waals surface area contributed by atoms with E-state index in [2.05, 4.69) is 11.2 Å². The molecule has 1 aromatic carbocycles. The number of anilines is 1. The summed E-state index contributed by atoms with van der Waals surface area (Å²) in [6.45, 7) is 1.84. The van der Waals surface area contributed by atoms with Gasteiger partial charge in [-0.25, -0.2) is 5.01 Å².